The molecule has 5 heteroatoms. The monoisotopic (exact) mass is 221 g/mol. The molecule has 0 bridgehead atoms. The van der Waals surface area contributed by atoms with Crippen LogP contribution in [0.25, 0.3) is 0 Å². The number of aldehydes is 1. The highest BCUT2D eigenvalue weighted by molar-refractivity contribution is 7.80. The standard InChI is InChI=1S/C10H7NO3S/c1-14-10(13)8-2-7(5-12)9(15)3-6(8)4-11/h2-3,5,15H,1H3. The fourth-order valence-corrected chi connectivity index (χ4v) is 1.32. The Hall–Kier alpha value is -1.80. The first kappa shape index (κ1) is 11.3. The molecule has 0 aliphatic carbocycles. The number of esters is 1. The van der Waals surface area contributed by atoms with Gasteiger partial charge in [-0.25, -0.2) is 4.79 Å². The van der Waals surface area contributed by atoms with Gasteiger partial charge in [-0.05, 0) is 12.1 Å². The summed E-state index contributed by atoms with van der Waals surface area (Å²) in [7, 11) is 1.21. The molecule has 0 atom stereocenters. The predicted octanol–water partition coefficient (Wildman–Crippen LogP) is 1.45. The Morgan fingerprint density at radius 1 is 1.60 bits per heavy atom. The molecule has 76 valence electrons. The van der Waals surface area contributed by atoms with Crippen molar-refractivity contribution >= 4 is 24.9 Å². The van der Waals surface area contributed by atoms with Crippen LogP contribution in [0.5, 0.6) is 0 Å². The van der Waals surface area contributed by atoms with Crippen LogP contribution in [0.3, 0.4) is 0 Å². The van der Waals surface area contributed by atoms with E-state index in [4.69, 9.17) is 5.26 Å². The summed E-state index contributed by atoms with van der Waals surface area (Å²) in [5.41, 5.74) is 0.454. The van der Waals surface area contributed by atoms with Crippen molar-refractivity contribution in [2.24, 2.45) is 0 Å². The van der Waals surface area contributed by atoms with E-state index in [1.807, 2.05) is 6.07 Å². The lowest BCUT2D eigenvalue weighted by atomic mass is 10.1. The fourth-order valence-electron chi connectivity index (χ4n) is 1.07. The summed E-state index contributed by atoms with van der Waals surface area (Å²) in [6, 6.07) is 4.49. The number of methoxy groups -OCH3 is 1. The molecular weight excluding hydrogens is 214 g/mol. The van der Waals surface area contributed by atoms with Crippen molar-refractivity contribution in [3.05, 3.63) is 28.8 Å². The number of rotatable bonds is 2. The van der Waals surface area contributed by atoms with E-state index in [9.17, 15) is 9.59 Å². The first-order valence-electron chi connectivity index (χ1n) is 3.94. The van der Waals surface area contributed by atoms with Crippen LogP contribution < -0.4 is 0 Å². The lowest BCUT2D eigenvalue weighted by molar-refractivity contribution is 0.0600. The van der Waals surface area contributed by atoms with Crippen LogP contribution in [0.4, 0.5) is 0 Å². The summed E-state index contributed by atoms with van der Waals surface area (Å²) in [5.74, 6) is -0.650. The molecule has 0 amide bonds. The minimum absolute atomic E-state index is 0.0694. The van der Waals surface area contributed by atoms with Crippen LogP contribution in [0, 0.1) is 11.3 Å². The molecule has 0 unspecified atom stereocenters. The molecular formula is C10H7NO3S. The van der Waals surface area contributed by atoms with Gasteiger partial charge in [-0.15, -0.1) is 12.6 Å². The Labute approximate surface area is 91.9 Å². The summed E-state index contributed by atoms with van der Waals surface area (Å²) < 4.78 is 4.49. The number of hydrogen-bond donors (Lipinski definition) is 1. The van der Waals surface area contributed by atoms with Crippen LogP contribution >= 0.6 is 12.6 Å². The molecule has 0 fully saturated rings. The largest absolute Gasteiger partial charge is 0.465 e. The minimum Gasteiger partial charge on any atom is -0.465 e. The topological polar surface area (TPSA) is 67.2 Å². The van der Waals surface area contributed by atoms with Crippen LogP contribution in [-0.2, 0) is 4.74 Å². The van der Waals surface area contributed by atoms with Crippen molar-refractivity contribution in [3.8, 4) is 6.07 Å². The number of carbonyl (C=O) groups excluding carboxylic acids is 2. The third-order valence-electron chi connectivity index (χ3n) is 1.82. The first-order chi connectivity index (χ1) is 7.13. The molecule has 0 N–H and O–H groups in total. The molecule has 0 saturated heterocycles. The van der Waals surface area contributed by atoms with Gasteiger partial charge in [0.2, 0.25) is 0 Å². The van der Waals surface area contributed by atoms with E-state index in [2.05, 4.69) is 17.4 Å². The number of hydrogen-bond acceptors (Lipinski definition) is 5. The number of nitriles is 1. The van der Waals surface area contributed by atoms with E-state index < -0.39 is 5.97 Å². The maximum atomic E-state index is 11.3. The Morgan fingerprint density at radius 2 is 2.27 bits per heavy atom. The molecule has 0 aliphatic heterocycles. The van der Waals surface area contributed by atoms with Gasteiger partial charge in [0.05, 0.1) is 18.2 Å². The van der Waals surface area contributed by atoms with Crippen LogP contribution in [0.15, 0.2) is 17.0 Å². The van der Waals surface area contributed by atoms with Gasteiger partial charge in [-0.2, -0.15) is 5.26 Å². The molecule has 1 aromatic rings. The van der Waals surface area contributed by atoms with Crippen LogP contribution in [0.1, 0.15) is 26.3 Å². The minimum atomic E-state index is -0.650. The zero-order chi connectivity index (χ0) is 11.4. The van der Waals surface area contributed by atoms with E-state index in [1.165, 1.54) is 19.2 Å². The molecule has 0 heterocycles. The van der Waals surface area contributed by atoms with Crippen molar-refractivity contribution in [1.82, 2.24) is 0 Å². The Balaban J connectivity index is 3.43. The second-order valence-electron chi connectivity index (χ2n) is 2.68. The summed E-state index contributed by atoms with van der Waals surface area (Å²) in [5, 5.41) is 8.77. The number of ether oxygens (including phenoxy) is 1. The summed E-state index contributed by atoms with van der Waals surface area (Å²) in [6.45, 7) is 0. The number of carbonyl (C=O) groups is 2. The molecule has 1 aromatic carbocycles. The average Bonchev–Trinajstić information content (AvgIpc) is 2.27. The van der Waals surface area contributed by atoms with Crippen molar-refractivity contribution in [2.45, 2.75) is 4.90 Å². The third kappa shape index (κ3) is 2.17. The first-order valence-corrected chi connectivity index (χ1v) is 4.39. The zero-order valence-electron chi connectivity index (χ0n) is 7.85. The lowest BCUT2D eigenvalue weighted by Gasteiger charge is -2.04. The molecule has 0 radical (unpaired) electrons. The van der Waals surface area contributed by atoms with Crippen molar-refractivity contribution in [1.29, 1.82) is 5.26 Å². The lowest BCUT2D eigenvalue weighted by Crippen LogP contribution is -2.05. The van der Waals surface area contributed by atoms with E-state index in [1.54, 1.807) is 0 Å². The Morgan fingerprint density at radius 3 is 2.73 bits per heavy atom. The fraction of sp³-hybridized carbons (Fsp3) is 0.100. The highest BCUT2D eigenvalue weighted by Crippen LogP contribution is 2.19. The average molecular weight is 221 g/mol. The second-order valence-corrected chi connectivity index (χ2v) is 3.16. The van der Waals surface area contributed by atoms with Crippen molar-refractivity contribution in [2.75, 3.05) is 7.11 Å². The van der Waals surface area contributed by atoms with Crippen molar-refractivity contribution in [3.63, 3.8) is 0 Å². The third-order valence-corrected chi connectivity index (χ3v) is 2.21. The summed E-state index contributed by atoms with van der Waals surface area (Å²) >= 11 is 4.01. The molecule has 4 nitrogen and oxygen atoms in total. The Kier molecular flexibility index (Phi) is 3.47. The number of benzene rings is 1. The molecule has 0 spiro atoms. The SMILES string of the molecule is COC(=O)c1cc(C=O)c(S)cc1C#N. The quantitative estimate of drug-likeness (QED) is 0.466. The summed E-state index contributed by atoms with van der Waals surface area (Å²) in [6.07, 6.45) is 0.565. The highest BCUT2D eigenvalue weighted by atomic mass is 32.1. The zero-order valence-corrected chi connectivity index (χ0v) is 8.75. The maximum Gasteiger partial charge on any atom is 0.339 e. The van der Waals surface area contributed by atoms with E-state index in [0.717, 1.165) is 0 Å². The molecule has 0 aromatic heterocycles. The highest BCUT2D eigenvalue weighted by Gasteiger charge is 2.14. The maximum absolute atomic E-state index is 11.3. The normalized spacial score (nSPS) is 9.13. The molecule has 15 heavy (non-hydrogen) atoms. The molecule has 0 aliphatic rings. The van der Waals surface area contributed by atoms with Gasteiger partial charge in [0.1, 0.15) is 6.07 Å². The van der Waals surface area contributed by atoms with Gasteiger partial charge in [0.15, 0.2) is 6.29 Å². The van der Waals surface area contributed by atoms with Gasteiger partial charge in [0.25, 0.3) is 0 Å². The smallest absolute Gasteiger partial charge is 0.339 e. The molecule has 1 rings (SSSR count). The Bertz CT molecular complexity index is 462. The van der Waals surface area contributed by atoms with Gasteiger partial charge < -0.3 is 4.74 Å². The predicted molar refractivity (Wildman–Crippen MR) is 55.1 cm³/mol. The van der Waals surface area contributed by atoms with Gasteiger partial charge in [-0.3, -0.25) is 4.79 Å². The number of nitrogens with zero attached hydrogens (tertiary/aromatic N) is 1. The van der Waals surface area contributed by atoms with E-state index in [0.29, 0.717) is 11.2 Å². The van der Waals surface area contributed by atoms with E-state index >= 15 is 0 Å². The number of thiol groups is 1. The second kappa shape index (κ2) is 4.62. The van der Waals surface area contributed by atoms with Crippen LogP contribution in [-0.4, -0.2) is 19.4 Å². The van der Waals surface area contributed by atoms with E-state index in [-0.39, 0.29) is 16.7 Å². The molecule has 0 saturated carbocycles. The van der Waals surface area contributed by atoms with Gasteiger partial charge in [-0.1, -0.05) is 0 Å². The van der Waals surface area contributed by atoms with Gasteiger partial charge in [0, 0.05) is 10.5 Å². The summed E-state index contributed by atoms with van der Waals surface area (Å²) in [4.78, 5) is 22.2. The van der Waals surface area contributed by atoms with Crippen LogP contribution in [0.2, 0.25) is 0 Å². The van der Waals surface area contributed by atoms with Crippen molar-refractivity contribution < 1.29 is 14.3 Å². The van der Waals surface area contributed by atoms with Gasteiger partial charge >= 0.3 is 5.97 Å².